The van der Waals surface area contributed by atoms with Gasteiger partial charge in [0, 0.05) is 6.08 Å². The van der Waals surface area contributed by atoms with Crippen LogP contribution in [0.1, 0.15) is 26.3 Å². The number of carboxylic acid groups (broad SMARTS) is 1. The van der Waals surface area contributed by atoms with E-state index in [0.29, 0.717) is 0 Å². The summed E-state index contributed by atoms with van der Waals surface area (Å²) >= 11 is 0. The Hall–Kier alpha value is -2.39. The van der Waals surface area contributed by atoms with Crippen LogP contribution in [0.25, 0.3) is 0 Å². The quantitative estimate of drug-likeness (QED) is 0.507. The van der Waals surface area contributed by atoms with E-state index in [9.17, 15) is 18.0 Å². The van der Waals surface area contributed by atoms with Gasteiger partial charge in [-0.3, -0.25) is 4.18 Å². The van der Waals surface area contributed by atoms with Gasteiger partial charge < -0.3 is 15.2 Å². The number of nitrogens with one attached hydrogen (secondary N) is 1. The van der Waals surface area contributed by atoms with Crippen molar-refractivity contribution in [2.24, 2.45) is 0 Å². The van der Waals surface area contributed by atoms with Crippen LogP contribution in [-0.2, 0) is 30.3 Å². The Kier molecular flexibility index (Phi) is 7.98. The van der Waals surface area contributed by atoms with Gasteiger partial charge in [-0.15, -0.1) is 0 Å². The van der Waals surface area contributed by atoms with Crippen molar-refractivity contribution in [2.45, 2.75) is 44.9 Å². The summed E-state index contributed by atoms with van der Waals surface area (Å²) in [6.07, 6.45) is 0.892. The number of carbonyl (C=O) groups is 2. The first-order chi connectivity index (χ1) is 12.4. The number of rotatable bonds is 8. The fourth-order valence-corrected chi connectivity index (χ4v) is 2.79. The van der Waals surface area contributed by atoms with E-state index in [1.165, 1.54) is 0 Å². The van der Waals surface area contributed by atoms with Crippen molar-refractivity contribution in [1.82, 2.24) is 5.32 Å². The van der Waals surface area contributed by atoms with E-state index < -0.39 is 39.9 Å². The van der Waals surface area contributed by atoms with E-state index in [4.69, 9.17) is 14.0 Å². The molecule has 9 heteroatoms. The molecule has 0 bridgehead atoms. The molecular weight excluding hydrogens is 374 g/mol. The molecule has 2 N–H and O–H groups in total. The lowest BCUT2D eigenvalue weighted by atomic mass is 10.0. The molecule has 0 aliphatic heterocycles. The number of carbonyl (C=O) groups excluding carboxylic acids is 1. The summed E-state index contributed by atoms with van der Waals surface area (Å²) in [4.78, 5) is 23.0. The molecule has 1 aromatic carbocycles. The second-order valence-electron chi connectivity index (χ2n) is 6.90. The van der Waals surface area contributed by atoms with Gasteiger partial charge in [-0.2, -0.15) is 8.42 Å². The zero-order valence-corrected chi connectivity index (χ0v) is 16.5. The number of ether oxygens (including phenoxy) is 1. The lowest BCUT2D eigenvalue weighted by Gasteiger charge is -2.27. The molecule has 2 unspecified atom stereocenters. The summed E-state index contributed by atoms with van der Waals surface area (Å²) in [5.74, 6) is -1.27. The molecule has 1 rings (SSSR count). The van der Waals surface area contributed by atoms with Crippen LogP contribution in [0.3, 0.4) is 0 Å². The first-order valence-corrected chi connectivity index (χ1v) is 10.0. The molecule has 0 radical (unpaired) electrons. The highest BCUT2D eigenvalue weighted by Crippen LogP contribution is 2.14. The average molecular weight is 399 g/mol. The van der Waals surface area contributed by atoms with Gasteiger partial charge in [-0.05, 0) is 38.8 Å². The Morgan fingerprint density at radius 3 is 2.30 bits per heavy atom. The van der Waals surface area contributed by atoms with E-state index in [-0.39, 0.29) is 6.42 Å². The minimum atomic E-state index is -3.92. The van der Waals surface area contributed by atoms with Crippen molar-refractivity contribution >= 4 is 22.2 Å². The maximum Gasteiger partial charge on any atom is 0.407 e. The number of amides is 1. The van der Waals surface area contributed by atoms with Crippen LogP contribution < -0.4 is 5.32 Å². The summed E-state index contributed by atoms with van der Waals surface area (Å²) in [6, 6.07) is 8.10. The summed E-state index contributed by atoms with van der Waals surface area (Å²) in [6.45, 7) is 5.06. The number of hydrogen-bond donors (Lipinski definition) is 2. The van der Waals surface area contributed by atoms with Crippen molar-refractivity contribution in [1.29, 1.82) is 0 Å². The Morgan fingerprint density at radius 1 is 1.22 bits per heavy atom. The smallest absolute Gasteiger partial charge is 0.407 e. The van der Waals surface area contributed by atoms with Gasteiger partial charge in [-0.1, -0.05) is 30.3 Å². The number of aliphatic carboxylic acids is 1. The standard InChI is InChI=1S/C18H25NO7S/c1-18(2,3)25-17(22)19-14(12-13-8-6-5-7-9-13)15(10-11-16(20)21)26-27(4,23)24/h5-11,14-15H,12H2,1-4H3,(H,19,22)(H,20,21). The molecule has 0 spiro atoms. The highest BCUT2D eigenvalue weighted by molar-refractivity contribution is 7.86. The summed E-state index contributed by atoms with van der Waals surface area (Å²) in [5, 5.41) is 11.4. The van der Waals surface area contributed by atoms with Crippen LogP contribution in [0.5, 0.6) is 0 Å². The van der Waals surface area contributed by atoms with Gasteiger partial charge in [0.25, 0.3) is 10.1 Å². The Balaban J connectivity index is 3.15. The van der Waals surface area contributed by atoms with E-state index >= 15 is 0 Å². The van der Waals surface area contributed by atoms with Gasteiger partial charge in [0.2, 0.25) is 0 Å². The normalized spacial score (nSPS) is 14.5. The Labute approximate surface area is 159 Å². The van der Waals surface area contributed by atoms with E-state index in [1.807, 2.05) is 6.07 Å². The van der Waals surface area contributed by atoms with Crippen molar-refractivity contribution < 1.29 is 32.0 Å². The zero-order valence-electron chi connectivity index (χ0n) is 15.7. The molecule has 2 atom stereocenters. The second-order valence-corrected chi connectivity index (χ2v) is 8.51. The maximum atomic E-state index is 12.2. The van der Waals surface area contributed by atoms with E-state index in [1.54, 1.807) is 45.0 Å². The average Bonchev–Trinajstić information content (AvgIpc) is 2.48. The molecule has 8 nitrogen and oxygen atoms in total. The summed E-state index contributed by atoms with van der Waals surface area (Å²) in [7, 11) is -3.92. The molecule has 150 valence electrons. The minimum absolute atomic E-state index is 0.199. The molecule has 0 aliphatic rings. The maximum absolute atomic E-state index is 12.2. The molecule has 1 amide bonds. The van der Waals surface area contributed by atoms with Crippen molar-refractivity contribution in [3.63, 3.8) is 0 Å². The summed E-state index contributed by atoms with van der Waals surface area (Å²) in [5.41, 5.74) is 0.0373. The fourth-order valence-electron chi connectivity index (χ4n) is 2.19. The van der Waals surface area contributed by atoms with Crippen molar-refractivity contribution in [3.8, 4) is 0 Å². The third-order valence-electron chi connectivity index (χ3n) is 3.11. The van der Waals surface area contributed by atoms with E-state index in [2.05, 4.69) is 5.32 Å². The predicted octanol–water partition coefficient (Wildman–Crippen LogP) is 2.11. The lowest BCUT2D eigenvalue weighted by Crippen LogP contribution is -2.47. The minimum Gasteiger partial charge on any atom is -0.478 e. The molecule has 0 aliphatic carbocycles. The molecule has 0 saturated heterocycles. The molecule has 0 heterocycles. The fraction of sp³-hybridized carbons (Fsp3) is 0.444. The third-order valence-corrected chi connectivity index (χ3v) is 3.68. The van der Waals surface area contributed by atoms with Crippen LogP contribution >= 0.6 is 0 Å². The number of carboxylic acids is 1. The molecule has 0 fully saturated rings. The van der Waals surface area contributed by atoms with Crippen LogP contribution in [-0.4, -0.2) is 49.6 Å². The largest absolute Gasteiger partial charge is 0.478 e. The zero-order chi connectivity index (χ0) is 20.7. The predicted molar refractivity (Wildman–Crippen MR) is 99.8 cm³/mol. The highest BCUT2D eigenvalue weighted by atomic mass is 32.2. The first-order valence-electron chi connectivity index (χ1n) is 8.18. The Morgan fingerprint density at radius 2 is 1.81 bits per heavy atom. The Bertz CT molecular complexity index is 767. The summed E-state index contributed by atoms with van der Waals surface area (Å²) < 4.78 is 33.4. The molecular formula is C18H25NO7S. The van der Waals surface area contributed by atoms with Crippen LogP contribution in [0.2, 0.25) is 0 Å². The van der Waals surface area contributed by atoms with Crippen LogP contribution in [0, 0.1) is 0 Å². The van der Waals surface area contributed by atoms with Crippen LogP contribution in [0.15, 0.2) is 42.5 Å². The lowest BCUT2D eigenvalue weighted by molar-refractivity contribution is -0.131. The van der Waals surface area contributed by atoms with Gasteiger partial charge in [-0.25, -0.2) is 9.59 Å². The van der Waals surface area contributed by atoms with Gasteiger partial charge in [0.1, 0.15) is 11.7 Å². The van der Waals surface area contributed by atoms with E-state index in [0.717, 1.165) is 24.0 Å². The molecule has 27 heavy (non-hydrogen) atoms. The monoisotopic (exact) mass is 399 g/mol. The van der Waals surface area contributed by atoms with Crippen molar-refractivity contribution in [2.75, 3.05) is 6.26 Å². The SMILES string of the molecule is CC(C)(C)OC(=O)NC(Cc1ccccc1)C(C=CC(=O)O)OS(C)(=O)=O. The first kappa shape index (κ1) is 22.7. The molecule has 0 aromatic heterocycles. The van der Waals surface area contributed by atoms with Gasteiger partial charge >= 0.3 is 12.1 Å². The second kappa shape index (κ2) is 9.52. The van der Waals surface area contributed by atoms with Gasteiger partial charge in [0.05, 0.1) is 12.3 Å². The van der Waals surface area contributed by atoms with Crippen LogP contribution in [0.4, 0.5) is 4.79 Å². The highest BCUT2D eigenvalue weighted by Gasteiger charge is 2.28. The topological polar surface area (TPSA) is 119 Å². The number of benzene rings is 1. The number of hydrogen-bond acceptors (Lipinski definition) is 6. The molecule has 0 saturated carbocycles. The van der Waals surface area contributed by atoms with Crippen molar-refractivity contribution in [3.05, 3.63) is 48.0 Å². The number of alkyl carbamates (subject to hydrolysis) is 1. The third kappa shape index (κ3) is 10.4. The van der Waals surface area contributed by atoms with Gasteiger partial charge in [0.15, 0.2) is 0 Å². The molecule has 1 aromatic rings.